The molecule has 0 unspecified atom stereocenters. The lowest BCUT2D eigenvalue weighted by atomic mass is 10.0. The van der Waals surface area contributed by atoms with E-state index in [1.54, 1.807) is 11.4 Å². The van der Waals surface area contributed by atoms with Gasteiger partial charge in [-0.2, -0.15) is 14.8 Å². The lowest BCUT2D eigenvalue weighted by Crippen LogP contribution is -2.48. The molecule has 1 aliphatic heterocycles. The van der Waals surface area contributed by atoms with Crippen LogP contribution >= 0.6 is 0 Å². The Hall–Kier alpha value is -4.58. The molecule has 1 aromatic carbocycles. The molecule has 0 saturated carbocycles. The normalized spacial score (nSPS) is 14.3. The predicted octanol–water partition coefficient (Wildman–Crippen LogP) is 2.77. The monoisotopic (exact) mass is 555 g/mol. The number of carbonyl (C=O) groups is 1. The predicted molar refractivity (Wildman–Crippen MR) is 152 cm³/mol. The molecular formula is C29H33N9O3. The van der Waals surface area contributed by atoms with Gasteiger partial charge < -0.3 is 9.42 Å². The summed E-state index contributed by atoms with van der Waals surface area (Å²) in [6.07, 6.45) is 1.08. The number of aromatic amines is 1. The Morgan fingerprint density at radius 3 is 2.41 bits per heavy atom. The van der Waals surface area contributed by atoms with E-state index in [0.717, 1.165) is 42.1 Å². The summed E-state index contributed by atoms with van der Waals surface area (Å²) in [7, 11) is 0. The van der Waals surface area contributed by atoms with Crippen LogP contribution in [-0.4, -0.2) is 76.6 Å². The van der Waals surface area contributed by atoms with E-state index in [1.807, 2.05) is 66.8 Å². The highest BCUT2D eigenvalue weighted by Crippen LogP contribution is 2.22. The van der Waals surface area contributed by atoms with Crippen LogP contribution in [-0.2, 0) is 17.8 Å². The van der Waals surface area contributed by atoms with Crippen LogP contribution in [0.15, 0.2) is 45.7 Å². The van der Waals surface area contributed by atoms with E-state index in [-0.39, 0.29) is 11.5 Å². The van der Waals surface area contributed by atoms with Crippen molar-refractivity contribution in [3.8, 4) is 16.9 Å². The SMILES string of the molecule is Cc1nn(-c2ccc3nnc(C)n3n2)c(C)c1CCC(=O)N1CCN(Cc2ccc(-c3c(C)o[nH]c3=O)cc2)CC1. The van der Waals surface area contributed by atoms with E-state index in [4.69, 9.17) is 9.62 Å². The van der Waals surface area contributed by atoms with Gasteiger partial charge >= 0.3 is 0 Å². The van der Waals surface area contributed by atoms with E-state index in [1.165, 1.54) is 5.56 Å². The summed E-state index contributed by atoms with van der Waals surface area (Å²) in [6, 6.07) is 11.8. The first-order chi connectivity index (χ1) is 19.8. The average Bonchev–Trinajstić information content (AvgIpc) is 3.61. The number of piperazine rings is 1. The third kappa shape index (κ3) is 5.18. The van der Waals surface area contributed by atoms with Gasteiger partial charge in [0.25, 0.3) is 5.56 Å². The van der Waals surface area contributed by atoms with Crippen molar-refractivity contribution in [3.63, 3.8) is 0 Å². The van der Waals surface area contributed by atoms with Gasteiger partial charge in [0.2, 0.25) is 5.91 Å². The average molecular weight is 556 g/mol. The van der Waals surface area contributed by atoms with Crippen molar-refractivity contribution >= 4 is 11.6 Å². The number of benzene rings is 1. The molecule has 0 bridgehead atoms. The number of fused-ring (bicyclic) bond motifs is 1. The van der Waals surface area contributed by atoms with Crippen molar-refractivity contribution in [2.45, 2.75) is 47.1 Å². The first-order valence-electron chi connectivity index (χ1n) is 13.8. The number of aromatic nitrogens is 7. The minimum absolute atomic E-state index is 0.168. The van der Waals surface area contributed by atoms with Crippen LogP contribution in [0.4, 0.5) is 0 Å². The van der Waals surface area contributed by atoms with Crippen LogP contribution in [0.1, 0.15) is 40.5 Å². The number of nitrogens with one attached hydrogen (secondary N) is 1. The molecule has 1 N–H and O–H groups in total. The Bertz CT molecular complexity index is 1770. The van der Waals surface area contributed by atoms with Crippen molar-refractivity contribution in [2.24, 2.45) is 0 Å². The topological polar surface area (TPSA) is 130 Å². The van der Waals surface area contributed by atoms with Crippen LogP contribution in [0.5, 0.6) is 0 Å². The molecule has 5 heterocycles. The fourth-order valence-electron chi connectivity index (χ4n) is 5.56. The molecule has 6 rings (SSSR count). The molecule has 5 aromatic rings. The van der Waals surface area contributed by atoms with Gasteiger partial charge in [0, 0.05) is 44.8 Å². The molecule has 1 saturated heterocycles. The van der Waals surface area contributed by atoms with E-state index in [2.05, 4.69) is 25.4 Å². The number of amides is 1. The summed E-state index contributed by atoms with van der Waals surface area (Å²) in [5.41, 5.74) is 6.02. The Kier molecular flexibility index (Phi) is 7.00. The van der Waals surface area contributed by atoms with Crippen LogP contribution in [0, 0.1) is 27.7 Å². The Balaban J connectivity index is 1.03. The molecule has 41 heavy (non-hydrogen) atoms. The van der Waals surface area contributed by atoms with Gasteiger partial charge in [0.1, 0.15) is 5.76 Å². The summed E-state index contributed by atoms with van der Waals surface area (Å²) in [5, 5.41) is 19.9. The van der Waals surface area contributed by atoms with Crippen LogP contribution in [0.25, 0.3) is 22.6 Å². The lowest BCUT2D eigenvalue weighted by molar-refractivity contribution is -0.133. The second-order valence-electron chi connectivity index (χ2n) is 10.6. The summed E-state index contributed by atoms with van der Waals surface area (Å²) in [6.45, 7) is 11.5. The number of carbonyl (C=O) groups excluding carboxylic acids is 1. The van der Waals surface area contributed by atoms with Gasteiger partial charge in [0.05, 0.1) is 11.3 Å². The van der Waals surface area contributed by atoms with Gasteiger partial charge in [-0.25, -0.2) is 4.68 Å². The largest absolute Gasteiger partial charge is 0.383 e. The maximum absolute atomic E-state index is 13.1. The third-order valence-electron chi connectivity index (χ3n) is 7.90. The molecule has 12 heteroatoms. The van der Waals surface area contributed by atoms with Gasteiger partial charge in [-0.3, -0.25) is 14.5 Å². The van der Waals surface area contributed by atoms with Crippen molar-refractivity contribution in [1.82, 2.24) is 44.5 Å². The zero-order valence-electron chi connectivity index (χ0n) is 23.7. The number of aryl methyl sites for hydroxylation is 3. The molecule has 12 nitrogen and oxygen atoms in total. The second kappa shape index (κ2) is 10.8. The standard InChI is InChI=1S/C29H33N9O3/c1-18-24(19(2)37(32-18)26-11-10-25-31-30-21(4)38(25)33-26)9-12-27(39)36-15-13-35(14-16-36)17-22-5-7-23(8-6-22)28-20(3)41-34-29(28)40/h5-8,10-11H,9,12-17H2,1-4H3,(H,34,40). The van der Waals surface area contributed by atoms with Crippen LogP contribution in [0.2, 0.25) is 0 Å². The Morgan fingerprint density at radius 1 is 0.951 bits per heavy atom. The fraction of sp³-hybridized carbons (Fsp3) is 0.379. The Morgan fingerprint density at radius 2 is 1.71 bits per heavy atom. The minimum atomic E-state index is -0.215. The molecule has 212 valence electrons. The fourth-order valence-corrected chi connectivity index (χ4v) is 5.56. The molecule has 1 fully saturated rings. The van der Waals surface area contributed by atoms with Crippen molar-refractivity contribution < 1.29 is 9.32 Å². The lowest BCUT2D eigenvalue weighted by Gasteiger charge is -2.35. The van der Waals surface area contributed by atoms with Crippen LogP contribution < -0.4 is 5.56 Å². The molecule has 1 amide bonds. The first-order valence-corrected chi connectivity index (χ1v) is 13.8. The van der Waals surface area contributed by atoms with E-state index >= 15 is 0 Å². The maximum atomic E-state index is 13.1. The number of nitrogens with zero attached hydrogens (tertiary/aromatic N) is 8. The summed E-state index contributed by atoms with van der Waals surface area (Å²) in [5.74, 6) is 2.15. The zero-order valence-corrected chi connectivity index (χ0v) is 23.7. The number of H-pyrrole nitrogens is 1. The molecule has 0 radical (unpaired) electrons. The minimum Gasteiger partial charge on any atom is -0.383 e. The smallest absolute Gasteiger partial charge is 0.288 e. The molecular weight excluding hydrogens is 522 g/mol. The second-order valence-corrected chi connectivity index (χ2v) is 10.6. The molecule has 0 atom stereocenters. The van der Waals surface area contributed by atoms with Crippen molar-refractivity contribution in [3.05, 3.63) is 80.9 Å². The number of hydrogen-bond donors (Lipinski definition) is 1. The number of hydrogen-bond acceptors (Lipinski definition) is 8. The summed E-state index contributed by atoms with van der Waals surface area (Å²) in [4.78, 5) is 29.4. The van der Waals surface area contributed by atoms with Crippen LogP contribution in [0.3, 0.4) is 0 Å². The van der Waals surface area contributed by atoms with Gasteiger partial charge in [-0.1, -0.05) is 24.3 Å². The van der Waals surface area contributed by atoms with Gasteiger partial charge in [-0.15, -0.1) is 15.3 Å². The highest BCUT2D eigenvalue weighted by Gasteiger charge is 2.23. The molecule has 0 spiro atoms. The van der Waals surface area contributed by atoms with Crippen molar-refractivity contribution in [1.29, 1.82) is 0 Å². The highest BCUT2D eigenvalue weighted by molar-refractivity contribution is 5.76. The van der Waals surface area contributed by atoms with Crippen molar-refractivity contribution in [2.75, 3.05) is 26.2 Å². The summed E-state index contributed by atoms with van der Waals surface area (Å²) >= 11 is 0. The van der Waals surface area contributed by atoms with E-state index in [0.29, 0.717) is 54.5 Å². The molecule has 1 aliphatic rings. The highest BCUT2D eigenvalue weighted by atomic mass is 16.5. The quantitative estimate of drug-likeness (QED) is 0.325. The molecule has 0 aliphatic carbocycles. The van der Waals surface area contributed by atoms with E-state index in [9.17, 15) is 9.59 Å². The Labute approximate surface area is 236 Å². The third-order valence-corrected chi connectivity index (χ3v) is 7.90. The molecule has 4 aromatic heterocycles. The zero-order chi connectivity index (χ0) is 28.7. The van der Waals surface area contributed by atoms with Gasteiger partial charge in [-0.05, 0) is 62.9 Å². The summed E-state index contributed by atoms with van der Waals surface area (Å²) < 4.78 is 8.66. The number of rotatable bonds is 7. The first kappa shape index (κ1) is 26.6. The van der Waals surface area contributed by atoms with Gasteiger partial charge in [0.15, 0.2) is 17.3 Å². The van der Waals surface area contributed by atoms with E-state index < -0.39 is 0 Å². The maximum Gasteiger partial charge on any atom is 0.288 e.